The van der Waals surface area contributed by atoms with Crippen LogP contribution in [0.2, 0.25) is 0 Å². The van der Waals surface area contributed by atoms with E-state index in [1.165, 1.54) is 30.3 Å². The van der Waals surface area contributed by atoms with Gasteiger partial charge in [0.25, 0.3) is 5.91 Å². The zero-order chi connectivity index (χ0) is 20.2. The van der Waals surface area contributed by atoms with Gasteiger partial charge in [-0.1, -0.05) is 12.1 Å². The summed E-state index contributed by atoms with van der Waals surface area (Å²) in [7, 11) is 0. The van der Waals surface area contributed by atoms with Gasteiger partial charge in [0.1, 0.15) is 17.5 Å². The molecular weight excluding hydrogens is 374 g/mol. The van der Waals surface area contributed by atoms with E-state index in [4.69, 9.17) is 0 Å². The summed E-state index contributed by atoms with van der Waals surface area (Å²) in [4.78, 5) is 20.9. The summed E-state index contributed by atoms with van der Waals surface area (Å²) < 4.78 is 26.8. The van der Waals surface area contributed by atoms with Crippen molar-refractivity contribution in [2.24, 2.45) is 0 Å². The Morgan fingerprint density at radius 1 is 0.828 bits per heavy atom. The Balaban J connectivity index is 1.36. The Morgan fingerprint density at radius 2 is 1.45 bits per heavy atom. The summed E-state index contributed by atoms with van der Waals surface area (Å²) in [6.07, 6.45) is 1.70. The Hall–Kier alpha value is -3.48. The zero-order valence-corrected chi connectivity index (χ0v) is 15.7. The van der Waals surface area contributed by atoms with E-state index in [0.717, 1.165) is 37.6 Å². The van der Waals surface area contributed by atoms with E-state index in [-0.39, 0.29) is 11.4 Å². The van der Waals surface area contributed by atoms with E-state index in [2.05, 4.69) is 20.1 Å². The van der Waals surface area contributed by atoms with Crippen molar-refractivity contribution < 1.29 is 13.6 Å². The third-order valence-electron chi connectivity index (χ3n) is 4.94. The fraction of sp³-hybridized carbons (Fsp3) is 0.182. The van der Waals surface area contributed by atoms with Gasteiger partial charge in [0.15, 0.2) is 0 Å². The van der Waals surface area contributed by atoms with Gasteiger partial charge >= 0.3 is 0 Å². The Morgan fingerprint density at radius 3 is 2.07 bits per heavy atom. The normalized spacial score (nSPS) is 14.0. The van der Waals surface area contributed by atoms with Gasteiger partial charge in [-0.15, -0.1) is 0 Å². The molecule has 0 radical (unpaired) electrons. The molecule has 1 amide bonds. The van der Waals surface area contributed by atoms with E-state index in [1.807, 2.05) is 6.07 Å². The van der Waals surface area contributed by atoms with Crippen LogP contribution in [0, 0.1) is 11.6 Å². The smallest absolute Gasteiger partial charge is 0.259 e. The van der Waals surface area contributed by atoms with E-state index < -0.39 is 11.7 Å². The molecule has 0 unspecified atom stereocenters. The lowest BCUT2D eigenvalue weighted by atomic mass is 10.2. The third kappa shape index (κ3) is 4.34. The maximum Gasteiger partial charge on any atom is 0.259 e. The first-order valence-corrected chi connectivity index (χ1v) is 9.37. The van der Waals surface area contributed by atoms with Crippen molar-refractivity contribution in [2.75, 3.05) is 41.3 Å². The third-order valence-corrected chi connectivity index (χ3v) is 4.94. The number of benzene rings is 2. The minimum atomic E-state index is -0.569. The van der Waals surface area contributed by atoms with Crippen molar-refractivity contribution in [1.82, 2.24) is 4.98 Å². The number of hydrogen-bond donors (Lipinski definition) is 1. The van der Waals surface area contributed by atoms with Crippen LogP contribution in [-0.2, 0) is 0 Å². The number of carbonyl (C=O) groups excluding carboxylic acids is 1. The highest BCUT2D eigenvalue weighted by Gasteiger charge is 2.18. The van der Waals surface area contributed by atoms with E-state index in [1.54, 1.807) is 30.5 Å². The van der Waals surface area contributed by atoms with Crippen LogP contribution in [0.25, 0.3) is 0 Å². The number of carbonyl (C=O) groups is 1. The van der Waals surface area contributed by atoms with Crippen molar-refractivity contribution in [3.63, 3.8) is 0 Å². The minimum Gasteiger partial charge on any atom is -0.368 e. The van der Waals surface area contributed by atoms with Crippen LogP contribution in [0.1, 0.15) is 10.4 Å². The summed E-state index contributed by atoms with van der Waals surface area (Å²) in [5.74, 6) is -0.968. The molecule has 0 saturated carbocycles. The van der Waals surface area contributed by atoms with Crippen molar-refractivity contribution in [3.05, 3.63) is 84.1 Å². The fourth-order valence-electron chi connectivity index (χ4n) is 3.35. The van der Waals surface area contributed by atoms with Gasteiger partial charge in [-0.2, -0.15) is 0 Å². The molecule has 0 atom stereocenters. The van der Waals surface area contributed by atoms with Crippen molar-refractivity contribution in [1.29, 1.82) is 0 Å². The first-order valence-electron chi connectivity index (χ1n) is 9.37. The van der Waals surface area contributed by atoms with Crippen molar-refractivity contribution >= 4 is 23.1 Å². The number of aromatic nitrogens is 1. The number of amides is 1. The molecule has 0 spiro atoms. The van der Waals surface area contributed by atoms with Gasteiger partial charge in [0, 0.05) is 31.9 Å². The van der Waals surface area contributed by atoms with Gasteiger partial charge in [-0.3, -0.25) is 4.79 Å². The van der Waals surface area contributed by atoms with Gasteiger partial charge in [-0.05, 0) is 48.5 Å². The summed E-state index contributed by atoms with van der Waals surface area (Å²) in [6.45, 7) is 3.24. The van der Waals surface area contributed by atoms with Crippen molar-refractivity contribution in [2.45, 2.75) is 0 Å². The summed E-state index contributed by atoms with van der Waals surface area (Å²) in [5, 5.41) is 2.61. The number of nitrogens with zero attached hydrogens (tertiary/aromatic N) is 3. The van der Waals surface area contributed by atoms with E-state index in [0.29, 0.717) is 5.82 Å². The van der Waals surface area contributed by atoms with Crippen LogP contribution in [-0.4, -0.2) is 37.1 Å². The molecule has 1 aliphatic heterocycles. The van der Waals surface area contributed by atoms with Crippen LogP contribution in [0.3, 0.4) is 0 Å². The minimum absolute atomic E-state index is 0.0182. The maximum atomic E-state index is 13.7. The SMILES string of the molecule is O=C(Nc1ccc(N2CCN(c3ccc(F)cc3)CC2)cn1)c1ccccc1F. The molecule has 2 aromatic carbocycles. The second kappa shape index (κ2) is 8.26. The molecule has 1 fully saturated rings. The molecule has 5 nitrogen and oxygen atoms in total. The molecule has 0 aliphatic carbocycles. The lowest BCUT2D eigenvalue weighted by Crippen LogP contribution is -2.46. The number of piperazine rings is 1. The van der Waals surface area contributed by atoms with Crippen LogP contribution in [0.5, 0.6) is 0 Å². The van der Waals surface area contributed by atoms with Crippen LogP contribution in [0.4, 0.5) is 26.0 Å². The number of hydrogen-bond acceptors (Lipinski definition) is 4. The number of halogens is 2. The fourth-order valence-corrected chi connectivity index (χ4v) is 3.35. The molecule has 3 aromatic rings. The lowest BCUT2D eigenvalue weighted by Gasteiger charge is -2.37. The number of rotatable bonds is 4. The molecule has 1 N–H and O–H groups in total. The van der Waals surface area contributed by atoms with Gasteiger partial charge in [0.2, 0.25) is 0 Å². The predicted octanol–water partition coefficient (Wildman–Crippen LogP) is 3.94. The summed E-state index contributed by atoms with van der Waals surface area (Å²) >= 11 is 0. The second-order valence-corrected chi connectivity index (χ2v) is 6.79. The maximum absolute atomic E-state index is 13.7. The van der Waals surface area contributed by atoms with Gasteiger partial charge in [0.05, 0.1) is 17.4 Å². The first-order chi connectivity index (χ1) is 14.1. The highest BCUT2D eigenvalue weighted by Crippen LogP contribution is 2.21. The molecule has 0 bridgehead atoms. The standard InChI is InChI=1S/C22H20F2N4O/c23-16-5-7-17(8-6-16)27-11-13-28(14-12-27)18-9-10-21(25-15-18)26-22(29)19-3-1-2-4-20(19)24/h1-10,15H,11-14H2,(H,25,26,29). The molecule has 1 saturated heterocycles. The summed E-state index contributed by atoms with van der Waals surface area (Å²) in [5.41, 5.74) is 1.94. The molecule has 1 aromatic heterocycles. The number of nitrogens with one attached hydrogen (secondary N) is 1. The topological polar surface area (TPSA) is 48.5 Å². The Bertz CT molecular complexity index is 984. The Labute approximate surface area is 167 Å². The zero-order valence-electron chi connectivity index (χ0n) is 15.7. The largest absolute Gasteiger partial charge is 0.368 e. The Kier molecular flexibility index (Phi) is 5.37. The molecule has 1 aliphatic rings. The average Bonchev–Trinajstić information content (AvgIpc) is 2.75. The monoisotopic (exact) mass is 394 g/mol. The predicted molar refractivity (Wildman–Crippen MR) is 109 cm³/mol. The van der Waals surface area contributed by atoms with Crippen LogP contribution < -0.4 is 15.1 Å². The lowest BCUT2D eigenvalue weighted by molar-refractivity contribution is 0.102. The quantitative estimate of drug-likeness (QED) is 0.728. The molecule has 2 heterocycles. The first kappa shape index (κ1) is 18.9. The van der Waals surface area contributed by atoms with E-state index >= 15 is 0 Å². The van der Waals surface area contributed by atoms with Gasteiger partial charge in [-0.25, -0.2) is 13.8 Å². The molecule has 148 valence electrons. The van der Waals surface area contributed by atoms with Gasteiger partial charge < -0.3 is 15.1 Å². The average molecular weight is 394 g/mol. The number of pyridine rings is 1. The molecular formula is C22H20F2N4O. The number of anilines is 3. The van der Waals surface area contributed by atoms with Crippen LogP contribution in [0.15, 0.2) is 66.9 Å². The van der Waals surface area contributed by atoms with Crippen molar-refractivity contribution in [3.8, 4) is 0 Å². The summed E-state index contributed by atoms with van der Waals surface area (Å²) in [6, 6.07) is 15.9. The highest BCUT2D eigenvalue weighted by atomic mass is 19.1. The van der Waals surface area contributed by atoms with E-state index in [9.17, 15) is 13.6 Å². The second-order valence-electron chi connectivity index (χ2n) is 6.79. The van der Waals surface area contributed by atoms with Crippen LogP contribution >= 0.6 is 0 Å². The molecule has 4 rings (SSSR count). The molecule has 29 heavy (non-hydrogen) atoms. The highest BCUT2D eigenvalue weighted by molar-refractivity contribution is 6.03. The molecule has 7 heteroatoms.